The summed E-state index contributed by atoms with van der Waals surface area (Å²) in [5.41, 5.74) is -0.731. The molecule has 14 heavy (non-hydrogen) atoms. The van der Waals surface area contributed by atoms with Crippen LogP contribution in [0.1, 0.15) is 27.7 Å². The van der Waals surface area contributed by atoms with Gasteiger partial charge in [-0.3, -0.25) is 4.79 Å². The van der Waals surface area contributed by atoms with Gasteiger partial charge in [0.1, 0.15) is 5.60 Å². The van der Waals surface area contributed by atoms with Crippen LogP contribution in [0.4, 0.5) is 0 Å². The number of nitrogens with one attached hydrogen (secondary N) is 1. The molecule has 0 aliphatic rings. The van der Waals surface area contributed by atoms with E-state index >= 15 is 0 Å². The van der Waals surface area contributed by atoms with Crippen LogP contribution in [-0.2, 0) is 9.53 Å². The highest BCUT2D eigenvalue weighted by Crippen LogP contribution is 2.08. The van der Waals surface area contributed by atoms with Gasteiger partial charge in [0.25, 0.3) is 5.91 Å². The fourth-order valence-corrected chi connectivity index (χ4v) is 1.50. The van der Waals surface area contributed by atoms with Crippen molar-refractivity contribution in [3.8, 4) is 0 Å². The molecule has 1 amide bonds. The normalized spacial score (nSPS) is 13.8. The molecule has 0 radical (unpaired) electrons. The second-order valence-electron chi connectivity index (χ2n) is 3.75. The monoisotopic (exact) mass is 219 g/mol. The number of ether oxygens (including phenoxy) is 1. The lowest BCUT2D eigenvalue weighted by molar-refractivity contribution is -0.140. The summed E-state index contributed by atoms with van der Waals surface area (Å²) in [6.45, 7) is 7.65. The number of thioether (sulfide) groups is 1. The van der Waals surface area contributed by atoms with Gasteiger partial charge in [-0.2, -0.15) is 11.8 Å². The molecule has 3 nitrogen and oxygen atoms in total. The molecule has 1 atom stereocenters. The molecule has 0 saturated heterocycles. The lowest BCUT2D eigenvalue weighted by Crippen LogP contribution is -2.47. The Morgan fingerprint density at radius 3 is 2.57 bits per heavy atom. The Bertz CT molecular complexity index is 183. The van der Waals surface area contributed by atoms with Gasteiger partial charge in [-0.1, -0.05) is 6.92 Å². The van der Waals surface area contributed by atoms with Crippen LogP contribution in [0.3, 0.4) is 0 Å². The zero-order valence-electron chi connectivity index (χ0n) is 9.72. The zero-order valence-corrected chi connectivity index (χ0v) is 10.5. The second kappa shape index (κ2) is 6.30. The highest BCUT2D eigenvalue weighted by Gasteiger charge is 2.27. The Labute approximate surface area is 91.0 Å². The molecule has 0 aromatic heterocycles. The number of methoxy groups -OCH3 is 1. The minimum absolute atomic E-state index is 0.0517. The van der Waals surface area contributed by atoms with Crippen LogP contribution < -0.4 is 5.32 Å². The van der Waals surface area contributed by atoms with E-state index in [1.807, 2.05) is 18.7 Å². The van der Waals surface area contributed by atoms with Gasteiger partial charge in [0.15, 0.2) is 0 Å². The van der Waals surface area contributed by atoms with Crippen LogP contribution >= 0.6 is 11.8 Å². The molecule has 0 bridgehead atoms. The predicted octanol–water partition coefficient (Wildman–Crippen LogP) is 1.67. The first-order valence-corrected chi connectivity index (χ1v) is 6.03. The van der Waals surface area contributed by atoms with Crippen molar-refractivity contribution in [3.63, 3.8) is 0 Å². The van der Waals surface area contributed by atoms with Crippen molar-refractivity contribution < 1.29 is 9.53 Å². The van der Waals surface area contributed by atoms with Crippen molar-refractivity contribution in [1.29, 1.82) is 0 Å². The lowest BCUT2D eigenvalue weighted by atomic mass is 10.1. The number of hydrogen-bond donors (Lipinski definition) is 1. The molecule has 0 aliphatic heterocycles. The third-order valence-corrected chi connectivity index (χ3v) is 3.15. The summed E-state index contributed by atoms with van der Waals surface area (Å²) in [5.74, 6) is 1.97. The molecular weight excluding hydrogens is 198 g/mol. The van der Waals surface area contributed by atoms with Crippen molar-refractivity contribution >= 4 is 17.7 Å². The molecule has 0 spiro atoms. The fourth-order valence-electron chi connectivity index (χ4n) is 0.827. The number of carbonyl (C=O) groups is 1. The summed E-state index contributed by atoms with van der Waals surface area (Å²) in [5, 5.41) is 2.92. The van der Waals surface area contributed by atoms with Gasteiger partial charge in [0, 0.05) is 18.9 Å². The number of hydrogen-bond acceptors (Lipinski definition) is 3. The number of rotatable bonds is 6. The maximum atomic E-state index is 11.6. The van der Waals surface area contributed by atoms with Crippen LogP contribution in [0.2, 0.25) is 0 Å². The largest absolute Gasteiger partial charge is 0.369 e. The van der Waals surface area contributed by atoms with Gasteiger partial charge < -0.3 is 10.1 Å². The summed E-state index contributed by atoms with van der Waals surface area (Å²) < 4.78 is 5.09. The molecule has 1 N–H and O–H groups in total. The van der Waals surface area contributed by atoms with Crippen molar-refractivity contribution in [2.75, 3.05) is 18.6 Å². The lowest BCUT2D eigenvalue weighted by Gasteiger charge is -2.24. The Morgan fingerprint density at radius 2 is 2.14 bits per heavy atom. The number of carbonyl (C=O) groups excluding carboxylic acids is 1. The minimum Gasteiger partial charge on any atom is -0.369 e. The summed E-state index contributed by atoms with van der Waals surface area (Å²) in [6, 6.07) is 0.196. The SMILES string of the molecule is CCSCC(C)NC(=O)C(C)(C)OC. The van der Waals surface area contributed by atoms with Gasteiger partial charge >= 0.3 is 0 Å². The van der Waals surface area contributed by atoms with E-state index in [2.05, 4.69) is 12.2 Å². The first-order chi connectivity index (χ1) is 6.44. The van der Waals surface area contributed by atoms with Gasteiger partial charge in [-0.15, -0.1) is 0 Å². The molecule has 4 heteroatoms. The predicted molar refractivity (Wildman–Crippen MR) is 61.7 cm³/mol. The Morgan fingerprint density at radius 1 is 1.57 bits per heavy atom. The first kappa shape index (κ1) is 13.8. The first-order valence-electron chi connectivity index (χ1n) is 4.88. The van der Waals surface area contributed by atoms with Crippen molar-refractivity contribution in [3.05, 3.63) is 0 Å². The quantitative estimate of drug-likeness (QED) is 0.738. The zero-order chi connectivity index (χ0) is 11.2. The summed E-state index contributed by atoms with van der Waals surface area (Å²) in [6.07, 6.45) is 0. The molecule has 84 valence electrons. The molecule has 0 aromatic carbocycles. The molecule has 0 aromatic rings. The molecular formula is C10H21NO2S. The van der Waals surface area contributed by atoms with Crippen LogP contribution in [-0.4, -0.2) is 36.2 Å². The topological polar surface area (TPSA) is 38.3 Å². The number of amides is 1. The smallest absolute Gasteiger partial charge is 0.251 e. The average molecular weight is 219 g/mol. The van der Waals surface area contributed by atoms with E-state index in [0.717, 1.165) is 11.5 Å². The standard InChI is InChI=1S/C10H21NO2S/c1-6-14-7-8(2)11-9(12)10(3,4)13-5/h8H,6-7H2,1-5H3,(H,11,12). The summed E-state index contributed by atoms with van der Waals surface area (Å²) in [7, 11) is 1.55. The van der Waals surface area contributed by atoms with Crippen LogP contribution in [0.5, 0.6) is 0 Å². The second-order valence-corrected chi connectivity index (χ2v) is 5.07. The van der Waals surface area contributed by atoms with E-state index in [-0.39, 0.29) is 11.9 Å². The van der Waals surface area contributed by atoms with Gasteiger partial charge in [0.05, 0.1) is 0 Å². The molecule has 1 unspecified atom stereocenters. The van der Waals surface area contributed by atoms with E-state index in [1.54, 1.807) is 21.0 Å². The third-order valence-electron chi connectivity index (χ3n) is 2.01. The highest BCUT2D eigenvalue weighted by molar-refractivity contribution is 7.99. The van der Waals surface area contributed by atoms with Gasteiger partial charge in [-0.05, 0) is 26.5 Å². The van der Waals surface area contributed by atoms with E-state index in [9.17, 15) is 4.79 Å². The van der Waals surface area contributed by atoms with Crippen LogP contribution in [0.25, 0.3) is 0 Å². The van der Waals surface area contributed by atoms with Crippen molar-refractivity contribution in [1.82, 2.24) is 5.32 Å². The van der Waals surface area contributed by atoms with Crippen LogP contribution in [0.15, 0.2) is 0 Å². The maximum Gasteiger partial charge on any atom is 0.251 e. The Hall–Kier alpha value is -0.220. The van der Waals surface area contributed by atoms with E-state index in [1.165, 1.54) is 0 Å². The van der Waals surface area contributed by atoms with Crippen LogP contribution in [0, 0.1) is 0 Å². The Balaban J connectivity index is 3.93. The fraction of sp³-hybridized carbons (Fsp3) is 0.900. The summed E-state index contributed by atoms with van der Waals surface area (Å²) >= 11 is 1.82. The Kier molecular flexibility index (Phi) is 6.20. The third kappa shape index (κ3) is 4.86. The maximum absolute atomic E-state index is 11.6. The van der Waals surface area contributed by atoms with E-state index in [4.69, 9.17) is 4.74 Å². The van der Waals surface area contributed by atoms with Gasteiger partial charge in [0.2, 0.25) is 0 Å². The highest BCUT2D eigenvalue weighted by atomic mass is 32.2. The molecule has 0 saturated carbocycles. The van der Waals surface area contributed by atoms with Crippen molar-refractivity contribution in [2.24, 2.45) is 0 Å². The van der Waals surface area contributed by atoms with E-state index in [0.29, 0.717) is 0 Å². The summed E-state index contributed by atoms with van der Waals surface area (Å²) in [4.78, 5) is 11.6. The van der Waals surface area contributed by atoms with E-state index < -0.39 is 5.60 Å². The molecule has 0 fully saturated rings. The molecule has 0 aliphatic carbocycles. The minimum atomic E-state index is -0.731. The van der Waals surface area contributed by atoms with Gasteiger partial charge in [-0.25, -0.2) is 0 Å². The molecule has 0 rings (SSSR count). The average Bonchev–Trinajstić information content (AvgIpc) is 2.14. The van der Waals surface area contributed by atoms with Crippen molar-refractivity contribution in [2.45, 2.75) is 39.3 Å². The molecule has 0 heterocycles.